The van der Waals surface area contributed by atoms with E-state index >= 15 is 0 Å². The molecule has 0 aliphatic rings. The Bertz CT molecular complexity index is 625. The number of H-pyrrole nitrogens is 1. The number of aromatic amines is 1. The van der Waals surface area contributed by atoms with Gasteiger partial charge >= 0.3 is 5.69 Å². The lowest BCUT2D eigenvalue weighted by Gasteiger charge is -2.02. The van der Waals surface area contributed by atoms with Crippen LogP contribution in [0.2, 0.25) is 0 Å². The van der Waals surface area contributed by atoms with Crippen molar-refractivity contribution in [3.05, 3.63) is 43.1 Å². The molecule has 84 valence electrons. The molecule has 0 saturated carbocycles. The molecule has 0 bridgehead atoms. The first kappa shape index (κ1) is 10.6. The van der Waals surface area contributed by atoms with Gasteiger partial charge in [0.15, 0.2) is 0 Å². The fourth-order valence-electron chi connectivity index (χ4n) is 1.26. The zero-order valence-corrected chi connectivity index (χ0v) is 9.37. The molecule has 0 saturated heterocycles. The van der Waals surface area contributed by atoms with E-state index in [-0.39, 0.29) is 5.69 Å². The van der Waals surface area contributed by atoms with Crippen molar-refractivity contribution in [3.8, 4) is 0 Å². The topological polar surface area (TPSA) is 93.8 Å². The van der Waals surface area contributed by atoms with Crippen molar-refractivity contribution in [1.82, 2.24) is 14.5 Å². The van der Waals surface area contributed by atoms with Crippen LogP contribution in [0.1, 0.15) is 10.7 Å². The summed E-state index contributed by atoms with van der Waals surface area (Å²) in [5.41, 5.74) is 5.32. The van der Waals surface area contributed by atoms with Gasteiger partial charge in [-0.1, -0.05) is 0 Å². The lowest BCUT2D eigenvalue weighted by atomic mass is 10.5. The first-order valence-electron chi connectivity index (χ1n) is 4.56. The van der Waals surface area contributed by atoms with Gasteiger partial charge in [-0.2, -0.15) is 0 Å². The van der Waals surface area contributed by atoms with Crippen LogP contribution in [0, 0.1) is 6.92 Å². The van der Waals surface area contributed by atoms with Crippen LogP contribution < -0.4 is 17.0 Å². The molecule has 2 rings (SSSR count). The molecule has 7 heteroatoms. The van der Waals surface area contributed by atoms with Crippen LogP contribution in [0.5, 0.6) is 0 Å². The Kier molecular flexibility index (Phi) is 2.61. The quantitative estimate of drug-likeness (QED) is 0.766. The largest absolute Gasteiger partial charge is 0.393 e. The third-order valence-electron chi connectivity index (χ3n) is 2.01. The van der Waals surface area contributed by atoms with Crippen LogP contribution in [-0.2, 0) is 6.54 Å². The Labute approximate surface area is 94.4 Å². The fraction of sp³-hybridized carbons (Fsp3) is 0.222. The molecular weight excluding hydrogens is 228 g/mol. The van der Waals surface area contributed by atoms with Crippen LogP contribution in [-0.4, -0.2) is 14.5 Å². The number of nitrogen functional groups attached to an aromatic ring is 1. The second-order valence-corrected chi connectivity index (χ2v) is 4.30. The highest BCUT2D eigenvalue weighted by atomic mass is 32.1. The van der Waals surface area contributed by atoms with Gasteiger partial charge in [-0.15, -0.1) is 11.3 Å². The highest BCUT2D eigenvalue weighted by molar-refractivity contribution is 7.09. The molecule has 0 aliphatic carbocycles. The van der Waals surface area contributed by atoms with Gasteiger partial charge in [0, 0.05) is 17.3 Å². The molecule has 16 heavy (non-hydrogen) atoms. The number of nitrogens with zero attached hydrogens (tertiary/aromatic N) is 2. The van der Waals surface area contributed by atoms with Crippen molar-refractivity contribution in [2.45, 2.75) is 13.5 Å². The highest BCUT2D eigenvalue weighted by Gasteiger charge is 2.04. The number of nitrogens with two attached hydrogens (primary N) is 1. The van der Waals surface area contributed by atoms with Crippen molar-refractivity contribution in [2.75, 3.05) is 5.73 Å². The molecule has 0 radical (unpaired) electrons. The maximum absolute atomic E-state index is 11.4. The van der Waals surface area contributed by atoms with Crippen molar-refractivity contribution >= 4 is 17.0 Å². The summed E-state index contributed by atoms with van der Waals surface area (Å²) in [6, 6.07) is 0. The van der Waals surface area contributed by atoms with E-state index < -0.39 is 11.2 Å². The SMILES string of the molecule is Cc1csc(Cn2cc(N)c(=O)[nH]c2=O)n1. The minimum atomic E-state index is -0.559. The molecule has 3 N–H and O–H groups in total. The molecule has 0 spiro atoms. The van der Waals surface area contributed by atoms with E-state index in [9.17, 15) is 9.59 Å². The van der Waals surface area contributed by atoms with Gasteiger partial charge in [0.1, 0.15) is 10.7 Å². The van der Waals surface area contributed by atoms with Gasteiger partial charge < -0.3 is 5.73 Å². The van der Waals surface area contributed by atoms with Gasteiger partial charge in [0.05, 0.1) is 6.54 Å². The summed E-state index contributed by atoms with van der Waals surface area (Å²) < 4.78 is 1.33. The maximum Gasteiger partial charge on any atom is 0.328 e. The predicted octanol–water partition coefficient (Wildman–Crippen LogP) is -0.0680. The van der Waals surface area contributed by atoms with Crippen LogP contribution in [0.4, 0.5) is 5.69 Å². The summed E-state index contributed by atoms with van der Waals surface area (Å²) in [6.07, 6.45) is 1.33. The molecule has 0 unspecified atom stereocenters. The third kappa shape index (κ3) is 2.03. The average molecular weight is 238 g/mol. The van der Waals surface area contributed by atoms with Crippen LogP contribution in [0.15, 0.2) is 21.2 Å². The Morgan fingerprint density at radius 3 is 2.94 bits per heavy atom. The molecule has 2 aromatic heterocycles. The number of hydrogen-bond donors (Lipinski definition) is 2. The minimum absolute atomic E-state index is 0.0212. The number of rotatable bonds is 2. The summed E-state index contributed by atoms with van der Waals surface area (Å²) in [5.74, 6) is 0. The first-order chi connectivity index (χ1) is 7.56. The second-order valence-electron chi connectivity index (χ2n) is 3.35. The van der Waals surface area contributed by atoms with Gasteiger partial charge in [0.2, 0.25) is 0 Å². The van der Waals surface area contributed by atoms with E-state index in [1.807, 2.05) is 12.3 Å². The molecule has 2 aromatic rings. The van der Waals surface area contributed by atoms with Gasteiger partial charge in [0.25, 0.3) is 5.56 Å². The third-order valence-corrected chi connectivity index (χ3v) is 2.96. The number of nitrogens with one attached hydrogen (secondary N) is 1. The standard InChI is InChI=1S/C9H10N4O2S/c1-5-4-16-7(11-5)3-13-2-6(10)8(14)12-9(13)15/h2,4H,3,10H2,1H3,(H,12,14,15). The van der Waals surface area contributed by atoms with Crippen LogP contribution >= 0.6 is 11.3 Å². The van der Waals surface area contributed by atoms with Crippen LogP contribution in [0.25, 0.3) is 0 Å². The normalized spacial score (nSPS) is 10.6. The number of anilines is 1. The minimum Gasteiger partial charge on any atom is -0.393 e. The number of thiazole rings is 1. The fourth-order valence-corrected chi connectivity index (χ4v) is 2.03. The van der Waals surface area contributed by atoms with E-state index in [2.05, 4.69) is 9.97 Å². The van der Waals surface area contributed by atoms with E-state index in [1.165, 1.54) is 22.1 Å². The van der Waals surface area contributed by atoms with Crippen molar-refractivity contribution < 1.29 is 0 Å². The lowest BCUT2D eigenvalue weighted by molar-refractivity contribution is 0.718. The Balaban J connectivity index is 2.39. The Hall–Kier alpha value is -1.89. The maximum atomic E-state index is 11.4. The molecule has 6 nitrogen and oxygen atoms in total. The van der Waals surface area contributed by atoms with E-state index in [0.29, 0.717) is 6.54 Å². The average Bonchev–Trinajstić information content (AvgIpc) is 2.60. The number of hydrogen-bond acceptors (Lipinski definition) is 5. The zero-order chi connectivity index (χ0) is 11.7. The smallest absolute Gasteiger partial charge is 0.328 e. The summed E-state index contributed by atoms with van der Waals surface area (Å²) in [7, 11) is 0. The van der Waals surface area contributed by atoms with E-state index in [0.717, 1.165) is 10.7 Å². The number of aryl methyl sites for hydroxylation is 1. The molecule has 0 amide bonds. The summed E-state index contributed by atoms with van der Waals surface area (Å²) >= 11 is 1.46. The summed E-state index contributed by atoms with van der Waals surface area (Å²) in [6.45, 7) is 2.20. The first-order valence-corrected chi connectivity index (χ1v) is 5.44. The van der Waals surface area contributed by atoms with Gasteiger partial charge in [-0.05, 0) is 6.92 Å². The van der Waals surface area contributed by atoms with E-state index in [1.54, 1.807) is 0 Å². The van der Waals surface area contributed by atoms with Gasteiger partial charge in [-0.3, -0.25) is 14.3 Å². The lowest BCUT2D eigenvalue weighted by Crippen LogP contribution is -2.31. The summed E-state index contributed by atoms with van der Waals surface area (Å²) in [5, 5.41) is 2.70. The van der Waals surface area contributed by atoms with Gasteiger partial charge in [-0.25, -0.2) is 9.78 Å². The van der Waals surface area contributed by atoms with Crippen molar-refractivity contribution in [2.24, 2.45) is 0 Å². The monoisotopic (exact) mass is 238 g/mol. The second kappa shape index (κ2) is 3.93. The zero-order valence-electron chi connectivity index (χ0n) is 8.56. The van der Waals surface area contributed by atoms with E-state index in [4.69, 9.17) is 5.73 Å². The van der Waals surface area contributed by atoms with Crippen molar-refractivity contribution in [3.63, 3.8) is 0 Å². The predicted molar refractivity (Wildman–Crippen MR) is 61.7 cm³/mol. The summed E-state index contributed by atoms with van der Waals surface area (Å²) in [4.78, 5) is 28.8. The highest BCUT2D eigenvalue weighted by Crippen LogP contribution is 2.09. The molecule has 0 aromatic carbocycles. The molecular formula is C9H10N4O2S. The Morgan fingerprint density at radius 2 is 2.31 bits per heavy atom. The van der Waals surface area contributed by atoms with Crippen LogP contribution in [0.3, 0.4) is 0 Å². The molecule has 2 heterocycles. The molecule has 0 fully saturated rings. The molecule has 0 atom stereocenters. The molecule has 0 aliphatic heterocycles. The Morgan fingerprint density at radius 1 is 1.56 bits per heavy atom. The number of aromatic nitrogens is 3. The van der Waals surface area contributed by atoms with Crippen molar-refractivity contribution in [1.29, 1.82) is 0 Å².